The summed E-state index contributed by atoms with van der Waals surface area (Å²) >= 11 is 1.38. The third-order valence-corrected chi connectivity index (χ3v) is 5.58. The van der Waals surface area contributed by atoms with Gasteiger partial charge >= 0.3 is 0 Å². The van der Waals surface area contributed by atoms with E-state index in [1.807, 2.05) is 61.7 Å². The molecule has 0 saturated carbocycles. The summed E-state index contributed by atoms with van der Waals surface area (Å²) in [5.74, 6) is -0.167. The van der Waals surface area contributed by atoms with E-state index in [9.17, 15) is 9.59 Å². The van der Waals surface area contributed by atoms with Gasteiger partial charge in [-0.05, 0) is 49.1 Å². The van der Waals surface area contributed by atoms with Gasteiger partial charge in [-0.3, -0.25) is 14.5 Å². The molecule has 0 fully saturated rings. The van der Waals surface area contributed by atoms with Crippen molar-refractivity contribution in [1.82, 2.24) is 4.98 Å². The van der Waals surface area contributed by atoms with E-state index in [1.54, 1.807) is 11.0 Å². The fourth-order valence-corrected chi connectivity index (χ4v) is 4.00. The van der Waals surface area contributed by atoms with E-state index >= 15 is 0 Å². The lowest BCUT2D eigenvalue weighted by atomic mass is 10.1. The lowest BCUT2D eigenvalue weighted by molar-refractivity contribution is -0.115. The lowest BCUT2D eigenvalue weighted by Crippen LogP contribution is -2.24. The normalized spacial score (nSPS) is 11.0. The third-order valence-electron chi connectivity index (χ3n) is 4.73. The molecule has 1 amide bonds. The highest BCUT2D eigenvalue weighted by atomic mass is 32.1. The highest BCUT2D eigenvalue weighted by Gasteiger charge is 2.21. The Hall–Kier alpha value is -3.05. The summed E-state index contributed by atoms with van der Waals surface area (Å²) in [6.45, 7) is 7.58. The number of allylic oxidation sites excluding steroid dienone is 1. The molecule has 0 bridgehead atoms. The monoisotopic (exact) mass is 404 g/mol. The number of hydrogen-bond acceptors (Lipinski definition) is 4. The minimum Gasteiger partial charge on any atom is -0.289 e. The first-order chi connectivity index (χ1) is 13.9. The van der Waals surface area contributed by atoms with Crippen LogP contribution in [0.5, 0.6) is 0 Å². The van der Waals surface area contributed by atoms with Crippen LogP contribution in [0.4, 0.5) is 10.8 Å². The highest BCUT2D eigenvalue weighted by molar-refractivity contribution is 7.14. The summed E-state index contributed by atoms with van der Waals surface area (Å²) < 4.78 is 0. The number of hydrogen-bond donors (Lipinski definition) is 0. The summed E-state index contributed by atoms with van der Waals surface area (Å²) in [6.07, 6.45) is 4.16. The predicted molar refractivity (Wildman–Crippen MR) is 120 cm³/mol. The summed E-state index contributed by atoms with van der Waals surface area (Å²) in [6, 6.07) is 13.6. The van der Waals surface area contributed by atoms with Crippen molar-refractivity contribution in [3.63, 3.8) is 0 Å². The van der Waals surface area contributed by atoms with Crippen molar-refractivity contribution in [3.8, 4) is 0 Å². The van der Waals surface area contributed by atoms with Crippen molar-refractivity contribution >= 4 is 39.9 Å². The number of benzene rings is 2. The number of ketones is 1. The van der Waals surface area contributed by atoms with Gasteiger partial charge in [0.25, 0.3) is 0 Å². The molecular formula is C24H24N2O2S. The number of nitrogens with zero attached hydrogens (tertiary/aromatic N) is 2. The van der Waals surface area contributed by atoms with Crippen molar-refractivity contribution in [3.05, 3.63) is 81.9 Å². The highest BCUT2D eigenvalue weighted by Crippen LogP contribution is 2.33. The van der Waals surface area contributed by atoms with E-state index in [4.69, 9.17) is 0 Å². The van der Waals surface area contributed by atoms with Gasteiger partial charge < -0.3 is 0 Å². The Morgan fingerprint density at radius 1 is 1.07 bits per heavy atom. The van der Waals surface area contributed by atoms with Crippen LogP contribution in [0.1, 0.15) is 46.6 Å². The van der Waals surface area contributed by atoms with Crippen molar-refractivity contribution in [1.29, 1.82) is 0 Å². The van der Waals surface area contributed by atoms with Gasteiger partial charge in [0.05, 0.1) is 11.4 Å². The minimum absolute atomic E-state index is 0.0691. The second-order valence-electron chi connectivity index (χ2n) is 6.90. The van der Waals surface area contributed by atoms with E-state index in [0.29, 0.717) is 16.4 Å². The molecule has 0 radical (unpaired) electrons. The first-order valence-corrected chi connectivity index (χ1v) is 10.4. The van der Waals surface area contributed by atoms with Gasteiger partial charge in [-0.1, -0.05) is 49.4 Å². The average molecular weight is 405 g/mol. The molecule has 148 valence electrons. The van der Waals surface area contributed by atoms with E-state index in [1.165, 1.54) is 29.9 Å². The van der Waals surface area contributed by atoms with Gasteiger partial charge in [-0.25, -0.2) is 4.98 Å². The smallest absolute Gasteiger partial charge is 0.230 e. The molecule has 0 aliphatic rings. The SMILES string of the molecule is CCc1ccc(C(=O)C=Cc2csc(N(C(C)=O)c3c(C)cccc3C)n2)cc1. The first-order valence-electron chi connectivity index (χ1n) is 9.54. The molecule has 5 heteroatoms. The van der Waals surface area contributed by atoms with Crippen LogP contribution in [-0.2, 0) is 11.2 Å². The van der Waals surface area contributed by atoms with Crippen LogP contribution in [0.25, 0.3) is 6.08 Å². The molecule has 29 heavy (non-hydrogen) atoms. The van der Waals surface area contributed by atoms with Gasteiger partial charge in [-0.15, -0.1) is 11.3 Å². The van der Waals surface area contributed by atoms with E-state index in [0.717, 1.165) is 23.2 Å². The molecule has 1 heterocycles. The minimum atomic E-state index is -0.0978. The Balaban J connectivity index is 1.84. The van der Waals surface area contributed by atoms with Crippen molar-refractivity contribution in [2.24, 2.45) is 0 Å². The number of carbonyl (C=O) groups is 2. The zero-order chi connectivity index (χ0) is 21.0. The van der Waals surface area contributed by atoms with Crippen LogP contribution in [0.3, 0.4) is 0 Å². The summed E-state index contributed by atoms with van der Waals surface area (Å²) in [5, 5.41) is 2.44. The molecule has 0 spiro atoms. The largest absolute Gasteiger partial charge is 0.289 e. The number of carbonyl (C=O) groups excluding carboxylic acids is 2. The van der Waals surface area contributed by atoms with Crippen LogP contribution < -0.4 is 4.90 Å². The lowest BCUT2D eigenvalue weighted by Gasteiger charge is -2.22. The van der Waals surface area contributed by atoms with Crippen molar-refractivity contribution < 1.29 is 9.59 Å². The molecule has 3 rings (SSSR count). The van der Waals surface area contributed by atoms with Gasteiger partial charge in [0.1, 0.15) is 0 Å². The molecule has 0 saturated heterocycles. The molecule has 3 aromatic rings. The molecule has 4 nitrogen and oxygen atoms in total. The van der Waals surface area contributed by atoms with E-state index in [-0.39, 0.29) is 11.7 Å². The van der Waals surface area contributed by atoms with E-state index < -0.39 is 0 Å². The Kier molecular flexibility index (Phi) is 6.39. The second-order valence-corrected chi connectivity index (χ2v) is 7.73. The number of aryl methyl sites for hydroxylation is 3. The maximum absolute atomic E-state index is 12.4. The number of aromatic nitrogens is 1. The van der Waals surface area contributed by atoms with Crippen molar-refractivity contribution in [2.45, 2.75) is 34.1 Å². The van der Waals surface area contributed by atoms with E-state index in [2.05, 4.69) is 11.9 Å². The predicted octanol–water partition coefficient (Wildman–Crippen LogP) is 5.90. The standard InChI is InChI=1S/C24H24N2O2S/c1-5-19-9-11-20(12-10-19)22(28)14-13-21-15-29-24(25-21)26(18(4)27)23-16(2)7-6-8-17(23)3/h6-15H,5H2,1-4H3. The number of rotatable bonds is 6. The number of amides is 1. The summed E-state index contributed by atoms with van der Waals surface area (Å²) in [5.41, 5.74) is 5.38. The van der Waals surface area contributed by atoms with Crippen LogP contribution in [-0.4, -0.2) is 16.7 Å². The number of thiazole rings is 1. The Bertz CT molecular complexity index is 1040. The molecular weight excluding hydrogens is 380 g/mol. The molecule has 0 aliphatic carbocycles. The van der Waals surface area contributed by atoms with Crippen LogP contribution in [0, 0.1) is 13.8 Å². The quantitative estimate of drug-likeness (QED) is 0.379. The van der Waals surface area contributed by atoms with Gasteiger partial charge in [0.15, 0.2) is 10.9 Å². The van der Waals surface area contributed by atoms with Crippen LogP contribution in [0.2, 0.25) is 0 Å². The molecule has 2 aromatic carbocycles. The van der Waals surface area contributed by atoms with Gasteiger partial charge in [0, 0.05) is 17.9 Å². The molecule has 0 N–H and O–H groups in total. The first kappa shape index (κ1) is 20.7. The number of anilines is 2. The third kappa shape index (κ3) is 4.69. The van der Waals surface area contributed by atoms with Gasteiger partial charge in [-0.2, -0.15) is 0 Å². The number of para-hydroxylation sites is 1. The maximum atomic E-state index is 12.4. The molecule has 1 aromatic heterocycles. The molecule has 0 atom stereocenters. The Labute approximate surface area is 175 Å². The van der Waals surface area contributed by atoms with Gasteiger partial charge in [0.2, 0.25) is 5.91 Å². The Morgan fingerprint density at radius 2 is 1.72 bits per heavy atom. The fraction of sp³-hybridized carbons (Fsp3) is 0.208. The molecule has 0 unspecified atom stereocenters. The zero-order valence-electron chi connectivity index (χ0n) is 17.1. The summed E-state index contributed by atoms with van der Waals surface area (Å²) in [4.78, 5) is 31.0. The van der Waals surface area contributed by atoms with Crippen molar-refractivity contribution in [2.75, 3.05) is 4.90 Å². The maximum Gasteiger partial charge on any atom is 0.230 e. The zero-order valence-corrected chi connectivity index (χ0v) is 17.9. The average Bonchev–Trinajstić information content (AvgIpc) is 3.17. The van der Waals surface area contributed by atoms with Crippen LogP contribution in [0.15, 0.2) is 53.9 Å². The van der Waals surface area contributed by atoms with Crippen LogP contribution >= 0.6 is 11.3 Å². The fourth-order valence-electron chi connectivity index (χ4n) is 3.16. The summed E-state index contributed by atoms with van der Waals surface area (Å²) in [7, 11) is 0. The topological polar surface area (TPSA) is 50.3 Å². The second kappa shape index (κ2) is 8.97. The Morgan fingerprint density at radius 3 is 2.31 bits per heavy atom. The molecule has 0 aliphatic heterocycles.